The summed E-state index contributed by atoms with van der Waals surface area (Å²) in [5.41, 5.74) is 4.65. The van der Waals surface area contributed by atoms with Crippen molar-refractivity contribution >= 4 is 18.0 Å². The zero-order valence-electron chi connectivity index (χ0n) is 16.9. The van der Waals surface area contributed by atoms with E-state index in [0.717, 1.165) is 11.1 Å². The highest BCUT2D eigenvalue weighted by Crippen LogP contribution is 2.44. The normalized spacial score (nSPS) is 13.1. The molecule has 0 fully saturated rings. The summed E-state index contributed by atoms with van der Waals surface area (Å²) < 4.78 is 5.44. The number of carboxylic acids is 1. The molecule has 0 saturated carbocycles. The predicted molar refractivity (Wildman–Crippen MR) is 112 cm³/mol. The van der Waals surface area contributed by atoms with Gasteiger partial charge in [-0.05, 0) is 35.6 Å². The van der Waals surface area contributed by atoms with Gasteiger partial charge in [0.1, 0.15) is 6.61 Å². The summed E-state index contributed by atoms with van der Waals surface area (Å²) in [7, 11) is 0. The molecule has 0 aromatic heterocycles. The van der Waals surface area contributed by atoms with Crippen LogP contribution in [0.5, 0.6) is 0 Å². The molecule has 1 aliphatic carbocycles. The van der Waals surface area contributed by atoms with E-state index in [1.165, 1.54) is 11.1 Å². The molecule has 3 N–H and O–H groups in total. The number of alkyl carbamates (subject to hydrolysis) is 1. The molecule has 2 amide bonds. The Morgan fingerprint density at radius 3 is 2.23 bits per heavy atom. The first-order valence-electron chi connectivity index (χ1n) is 10.1. The first kappa shape index (κ1) is 21.4. The van der Waals surface area contributed by atoms with Gasteiger partial charge >= 0.3 is 12.1 Å². The smallest absolute Gasteiger partial charge is 0.407 e. The second-order valence-electron chi connectivity index (χ2n) is 7.42. The maximum Gasteiger partial charge on any atom is 0.407 e. The number of ether oxygens (including phenoxy) is 1. The van der Waals surface area contributed by atoms with Crippen LogP contribution in [0.25, 0.3) is 11.1 Å². The van der Waals surface area contributed by atoms with Crippen LogP contribution in [0.15, 0.2) is 48.5 Å². The number of benzene rings is 2. The van der Waals surface area contributed by atoms with Crippen molar-refractivity contribution in [2.24, 2.45) is 0 Å². The van der Waals surface area contributed by atoms with Gasteiger partial charge in [0.15, 0.2) is 0 Å². The Kier molecular flexibility index (Phi) is 7.06. The topological polar surface area (TPSA) is 105 Å². The summed E-state index contributed by atoms with van der Waals surface area (Å²) >= 11 is 0. The van der Waals surface area contributed by atoms with Crippen molar-refractivity contribution in [1.29, 1.82) is 0 Å². The van der Waals surface area contributed by atoms with Gasteiger partial charge in [0.2, 0.25) is 5.91 Å². The number of nitrogens with one attached hydrogen (secondary N) is 2. The summed E-state index contributed by atoms with van der Waals surface area (Å²) in [6, 6.07) is 15.8. The highest BCUT2D eigenvalue weighted by atomic mass is 16.5. The third-order valence-corrected chi connectivity index (χ3v) is 5.08. The molecule has 2 aromatic carbocycles. The van der Waals surface area contributed by atoms with Gasteiger partial charge in [-0.2, -0.15) is 0 Å². The van der Waals surface area contributed by atoms with Gasteiger partial charge in [-0.1, -0.05) is 48.5 Å². The molecule has 0 saturated heterocycles. The number of carboxylic acid groups (broad SMARTS) is 1. The van der Waals surface area contributed by atoms with Gasteiger partial charge in [0.05, 0.1) is 6.42 Å². The number of fused-ring (bicyclic) bond motifs is 3. The molecule has 30 heavy (non-hydrogen) atoms. The lowest BCUT2D eigenvalue weighted by Gasteiger charge is -2.15. The quantitative estimate of drug-likeness (QED) is 0.550. The van der Waals surface area contributed by atoms with Crippen LogP contribution in [0.2, 0.25) is 0 Å². The van der Waals surface area contributed by atoms with Gasteiger partial charge in [-0.3, -0.25) is 9.59 Å². The van der Waals surface area contributed by atoms with Gasteiger partial charge in [0.25, 0.3) is 0 Å². The molecule has 1 unspecified atom stereocenters. The Hall–Kier alpha value is -3.35. The molecule has 7 nitrogen and oxygen atoms in total. The van der Waals surface area contributed by atoms with E-state index in [1.807, 2.05) is 24.3 Å². The van der Waals surface area contributed by atoms with E-state index >= 15 is 0 Å². The summed E-state index contributed by atoms with van der Waals surface area (Å²) in [6.07, 6.45) is 0.00389. The van der Waals surface area contributed by atoms with E-state index in [2.05, 4.69) is 34.9 Å². The number of rotatable bonds is 9. The molecule has 0 radical (unpaired) electrons. The van der Waals surface area contributed by atoms with Gasteiger partial charge in [0, 0.05) is 24.9 Å². The number of hydrogen-bond acceptors (Lipinski definition) is 4. The van der Waals surface area contributed by atoms with Gasteiger partial charge in [-0.15, -0.1) is 0 Å². The first-order valence-corrected chi connectivity index (χ1v) is 10.1. The highest BCUT2D eigenvalue weighted by molar-refractivity contribution is 5.79. The van der Waals surface area contributed by atoms with E-state index in [9.17, 15) is 14.4 Å². The standard InChI is InChI=1S/C23H26N2O5/c1-15(13-22(27)28)25-21(26)11-6-12-24-23(29)30-14-20-18-9-4-2-7-16(18)17-8-3-5-10-19(17)20/h2-5,7-10,15,20H,6,11-14H2,1H3,(H,24,29)(H,25,26)(H,27,28). The van der Waals surface area contributed by atoms with Gasteiger partial charge in [-0.25, -0.2) is 4.79 Å². The van der Waals surface area contributed by atoms with Crippen LogP contribution in [0, 0.1) is 0 Å². The molecule has 3 rings (SSSR count). The van der Waals surface area contributed by atoms with E-state index < -0.39 is 18.1 Å². The fraction of sp³-hybridized carbons (Fsp3) is 0.348. The Bertz CT molecular complexity index is 882. The van der Waals surface area contributed by atoms with Gasteiger partial charge < -0.3 is 20.5 Å². The molecule has 0 spiro atoms. The highest BCUT2D eigenvalue weighted by Gasteiger charge is 2.28. The average Bonchev–Trinajstić information content (AvgIpc) is 3.03. The number of amides is 2. The lowest BCUT2D eigenvalue weighted by atomic mass is 9.98. The molecule has 1 aliphatic rings. The van der Waals surface area contributed by atoms with E-state index in [-0.39, 0.29) is 31.3 Å². The number of hydrogen-bond donors (Lipinski definition) is 3. The summed E-state index contributed by atoms with van der Waals surface area (Å²) in [5, 5.41) is 14.0. The molecule has 0 heterocycles. The maximum atomic E-state index is 12.1. The minimum absolute atomic E-state index is 0.00431. The van der Waals surface area contributed by atoms with Crippen LogP contribution in [0.4, 0.5) is 4.79 Å². The van der Waals surface area contributed by atoms with Crippen molar-refractivity contribution in [3.05, 3.63) is 59.7 Å². The molecular weight excluding hydrogens is 384 g/mol. The third kappa shape index (κ3) is 5.37. The SMILES string of the molecule is CC(CC(=O)O)NC(=O)CCCNC(=O)OCC1c2ccccc2-c2ccccc21. The second-order valence-corrected chi connectivity index (χ2v) is 7.42. The van der Waals surface area contributed by atoms with Crippen LogP contribution < -0.4 is 10.6 Å². The van der Waals surface area contributed by atoms with E-state index in [0.29, 0.717) is 13.0 Å². The molecule has 0 bridgehead atoms. The summed E-state index contributed by atoms with van der Waals surface area (Å²) in [4.78, 5) is 34.4. The van der Waals surface area contributed by atoms with Crippen molar-refractivity contribution in [2.45, 2.75) is 38.1 Å². The van der Waals surface area contributed by atoms with E-state index in [1.54, 1.807) is 6.92 Å². The Morgan fingerprint density at radius 1 is 1.03 bits per heavy atom. The lowest BCUT2D eigenvalue weighted by Crippen LogP contribution is -2.34. The molecule has 1 atom stereocenters. The fourth-order valence-electron chi connectivity index (χ4n) is 3.75. The Morgan fingerprint density at radius 2 is 1.63 bits per heavy atom. The van der Waals surface area contributed by atoms with Crippen LogP contribution in [-0.2, 0) is 14.3 Å². The fourth-order valence-corrected chi connectivity index (χ4v) is 3.75. The number of carbonyl (C=O) groups excluding carboxylic acids is 2. The molecule has 7 heteroatoms. The van der Waals surface area contributed by atoms with Crippen LogP contribution >= 0.6 is 0 Å². The van der Waals surface area contributed by atoms with Crippen molar-refractivity contribution < 1.29 is 24.2 Å². The number of carbonyl (C=O) groups is 3. The van der Waals surface area contributed by atoms with Crippen LogP contribution in [0.3, 0.4) is 0 Å². The maximum absolute atomic E-state index is 12.1. The second kappa shape index (κ2) is 9.91. The molecule has 2 aromatic rings. The van der Waals surface area contributed by atoms with Crippen molar-refractivity contribution in [3.8, 4) is 11.1 Å². The summed E-state index contributed by atoms with van der Waals surface area (Å²) in [5.74, 6) is -1.19. The lowest BCUT2D eigenvalue weighted by molar-refractivity contribution is -0.137. The molecule has 0 aliphatic heterocycles. The zero-order chi connectivity index (χ0) is 21.5. The van der Waals surface area contributed by atoms with Crippen molar-refractivity contribution in [3.63, 3.8) is 0 Å². The number of aliphatic carboxylic acids is 1. The van der Waals surface area contributed by atoms with Crippen molar-refractivity contribution in [1.82, 2.24) is 10.6 Å². The summed E-state index contributed by atoms with van der Waals surface area (Å²) in [6.45, 7) is 2.19. The average molecular weight is 410 g/mol. The van der Waals surface area contributed by atoms with Crippen molar-refractivity contribution in [2.75, 3.05) is 13.2 Å². The first-order chi connectivity index (χ1) is 14.5. The van der Waals surface area contributed by atoms with Crippen LogP contribution in [0.1, 0.15) is 43.2 Å². The third-order valence-electron chi connectivity index (χ3n) is 5.08. The Balaban J connectivity index is 1.41. The minimum Gasteiger partial charge on any atom is -0.481 e. The molecule has 158 valence electrons. The molecular formula is C23H26N2O5. The van der Waals surface area contributed by atoms with Crippen LogP contribution in [-0.4, -0.2) is 42.3 Å². The minimum atomic E-state index is -0.959. The predicted octanol–water partition coefficient (Wildman–Crippen LogP) is 3.28. The zero-order valence-corrected chi connectivity index (χ0v) is 16.9. The van der Waals surface area contributed by atoms with E-state index in [4.69, 9.17) is 9.84 Å². The monoisotopic (exact) mass is 410 g/mol. The largest absolute Gasteiger partial charge is 0.481 e. The Labute approximate surface area is 175 Å².